The number of unbranched alkanes of at least 4 members (excludes halogenated alkanes) is 5. The Balaban J connectivity index is 3.97. The lowest BCUT2D eigenvalue weighted by atomic mass is 10.1. The SMILES string of the molecule is CCCCCCCC[P+](CCC)(CCC)CCC. The van der Waals surface area contributed by atoms with Crippen molar-refractivity contribution in [1.29, 1.82) is 0 Å². The van der Waals surface area contributed by atoms with Gasteiger partial charge in [0.05, 0.1) is 24.6 Å². The van der Waals surface area contributed by atoms with Gasteiger partial charge in [-0.15, -0.1) is 0 Å². The van der Waals surface area contributed by atoms with E-state index >= 15 is 0 Å². The zero-order chi connectivity index (χ0) is 13.7. The van der Waals surface area contributed by atoms with Gasteiger partial charge >= 0.3 is 0 Å². The highest BCUT2D eigenvalue weighted by Gasteiger charge is 2.33. The van der Waals surface area contributed by atoms with Crippen molar-refractivity contribution >= 4 is 7.26 Å². The second-order valence-corrected chi connectivity index (χ2v) is 10.5. The lowest BCUT2D eigenvalue weighted by Gasteiger charge is -2.27. The normalized spacial score (nSPS) is 12.0. The van der Waals surface area contributed by atoms with Gasteiger partial charge in [0, 0.05) is 7.26 Å². The van der Waals surface area contributed by atoms with E-state index in [-0.39, 0.29) is 0 Å². The zero-order valence-electron chi connectivity index (χ0n) is 13.6. The van der Waals surface area contributed by atoms with Gasteiger partial charge in [-0.2, -0.15) is 0 Å². The van der Waals surface area contributed by atoms with Gasteiger partial charge in [-0.05, 0) is 32.1 Å². The molecule has 0 amide bonds. The van der Waals surface area contributed by atoms with Gasteiger partial charge in [0.25, 0.3) is 0 Å². The number of hydrogen-bond acceptors (Lipinski definition) is 0. The Bertz CT molecular complexity index is 148. The molecule has 1 heteroatoms. The summed E-state index contributed by atoms with van der Waals surface area (Å²) in [5.74, 6) is 0. The maximum absolute atomic E-state index is 2.39. The molecule has 0 aliphatic carbocycles. The lowest BCUT2D eigenvalue weighted by Crippen LogP contribution is -2.11. The van der Waals surface area contributed by atoms with Gasteiger partial charge in [-0.1, -0.05) is 53.4 Å². The van der Waals surface area contributed by atoms with Crippen LogP contribution in [0.15, 0.2) is 0 Å². The van der Waals surface area contributed by atoms with Crippen LogP contribution in [0, 0.1) is 0 Å². The van der Waals surface area contributed by atoms with Crippen LogP contribution in [0.5, 0.6) is 0 Å². The van der Waals surface area contributed by atoms with Gasteiger partial charge in [0.15, 0.2) is 0 Å². The summed E-state index contributed by atoms with van der Waals surface area (Å²) in [6, 6.07) is 0. The minimum atomic E-state index is -0.552. The van der Waals surface area contributed by atoms with E-state index in [4.69, 9.17) is 0 Å². The molecule has 0 aromatic rings. The van der Waals surface area contributed by atoms with E-state index < -0.39 is 7.26 Å². The van der Waals surface area contributed by atoms with Gasteiger partial charge in [0.2, 0.25) is 0 Å². The Kier molecular flexibility index (Phi) is 12.8. The van der Waals surface area contributed by atoms with Crippen LogP contribution >= 0.6 is 7.26 Å². The fraction of sp³-hybridized carbons (Fsp3) is 1.00. The van der Waals surface area contributed by atoms with Gasteiger partial charge in [-0.25, -0.2) is 0 Å². The largest absolute Gasteiger partial charge is 0.0654 e. The average molecular weight is 273 g/mol. The van der Waals surface area contributed by atoms with Gasteiger partial charge in [0.1, 0.15) is 0 Å². The first kappa shape index (κ1) is 18.4. The Morgan fingerprint density at radius 3 is 1.33 bits per heavy atom. The third kappa shape index (κ3) is 8.52. The van der Waals surface area contributed by atoms with Crippen molar-refractivity contribution < 1.29 is 0 Å². The Morgan fingerprint density at radius 2 is 0.889 bits per heavy atom. The van der Waals surface area contributed by atoms with Crippen molar-refractivity contribution in [3.63, 3.8) is 0 Å². The molecule has 0 aromatic heterocycles. The molecular weight excluding hydrogens is 235 g/mol. The van der Waals surface area contributed by atoms with Crippen molar-refractivity contribution in [3.05, 3.63) is 0 Å². The summed E-state index contributed by atoms with van der Waals surface area (Å²) in [6.07, 6.45) is 19.4. The lowest BCUT2D eigenvalue weighted by molar-refractivity contribution is 0.625. The summed E-state index contributed by atoms with van der Waals surface area (Å²) in [7, 11) is -0.552. The molecule has 0 rings (SSSR count). The molecule has 0 aromatic carbocycles. The van der Waals surface area contributed by atoms with E-state index in [1.54, 1.807) is 24.6 Å². The summed E-state index contributed by atoms with van der Waals surface area (Å²) in [6.45, 7) is 9.48. The van der Waals surface area contributed by atoms with Crippen LogP contribution in [-0.4, -0.2) is 24.6 Å². The smallest absolute Gasteiger partial charge is 0.0594 e. The summed E-state index contributed by atoms with van der Waals surface area (Å²) < 4.78 is 0. The maximum Gasteiger partial charge on any atom is 0.0594 e. The van der Waals surface area contributed by atoms with E-state index in [9.17, 15) is 0 Å². The molecule has 0 aliphatic rings. The summed E-state index contributed by atoms with van der Waals surface area (Å²) in [5, 5.41) is 0. The van der Waals surface area contributed by atoms with E-state index in [0.717, 1.165) is 0 Å². The first-order valence-electron chi connectivity index (χ1n) is 8.59. The number of rotatable bonds is 13. The molecule has 0 fully saturated rings. The number of hydrogen-bond donors (Lipinski definition) is 0. The highest BCUT2D eigenvalue weighted by atomic mass is 31.2. The summed E-state index contributed by atoms with van der Waals surface area (Å²) in [4.78, 5) is 0. The quantitative estimate of drug-likeness (QED) is 0.262. The van der Waals surface area contributed by atoms with Crippen molar-refractivity contribution in [2.75, 3.05) is 24.6 Å². The molecule has 0 nitrogen and oxygen atoms in total. The molecule has 0 N–H and O–H groups in total. The molecule has 0 heterocycles. The van der Waals surface area contributed by atoms with Crippen molar-refractivity contribution in [1.82, 2.24) is 0 Å². The molecular formula is C17H38P+. The molecule has 0 unspecified atom stereocenters. The van der Waals surface area contributed by atoms with Crippen molar-refractivity contribution in [3.8, 4) is 0 Å². The van der Waals surface area contributed by atoms with Gasteiger partial charge in [-0.3, -0.25) is 0 Å². The minimum Gasteiger partial charge on any atom is -0.0654 e. The topological polar surface area (TPSA) is 0 Å². The molecule has 0 atom stereocenters. The van der Waals surface area contributed by atoms with E-state index in [0.29, 0.717) is 0 Å². The van der Waals surface area contributed by atoms with Crippen LogP contribution in [0.25, 0.3) is 0 Å². The molecule has 0 spiro atoms. The predicted octanol–water partition coefficient (Wildman–Crippen LogP) is 6.59. The van der Waals surface area contributed by atoms with Crippen LogP contribution in [0.2, 0.25) is 0 Å². The minimum absolute atomic E-state index is 0.552. The maximum atomic E-state index is 2.39. The standard InChI is InChI=1S/C17H38P/c1-5-9-10-11-12-13-17-18(14-6-2,15-7-3)16-8-4/h5-17H2,1-4H3/q+1. The first-order valence-corrected chi connectivity index (χ1v) is 11.1. The monoisotopic (exact) mass is 273 g/mol. The molecule has 0 bridgehead atoms. The zero-order valence-corrected chi connectivity index (χ0v) is 14.5. The first-order chi connectivity index (χ1) is 8.74. The second-order valence-electron chi connectivity index (χ2n) is 6.00. The Morgan fingerprint density at radius 1 is 0.444 bits per heavy atom. The van der Waals surface area contributed by atoms with Crippen LogP contribution in [-0.2, 0) is 0 Å². The van der Waals surface area contributed by atoms with E-state index in [1.807, 2.05) is 0 Å². The summed E-state index contributed by atoms with van der Waals surface area (Å²) in [5.41, 5.74) is 0. The molecule has 0 radical (unpaired) electrons. The fourth-order valence-electron chi connectivity index (χ4n) is 3.32. The van der Waals surface area contributed by atoms with Crippen LogP contribution in [0.1, 0.15) is 85.5 Å². The fourth-order valence-corrected chi connectivity index (χ4v) is 8.40. The predicted molar refractivity (Wildman–Crippen MR) is 90.6 cm³/mol. The van der Waals surface area contributed by atoms with Crippen LogP contribution in [0.3, 0.4) is 0 Å². The van der Waals surface area contributed by atoms with Crippen LogP contribution < -0.4 is 0 Å². The summed E-state index contributed by atoms with van der Waals surface area (Å²) >= 11 is 0. The molecule has 0 saturated heterocycles. The third-order valence-electron chi connectivity index (χ3n) is 4.08. The van der Waals surface area contributed by atoms with Crippen molar-refractivity contribution in [2.45, 2.75) is 85.5 Å². The Hall–Kier alpha value is 0.430. The molecule has 0 aliphatic heterocycles. The Labute approximate surface area is 118 Å². The van der Waals surface area contributed by atoms with Crippen LogP contribution in [0.4, 0.5) is 0 Å². The molecule has 18 heavy (non-hydrogen) atoms. The second kappa shape index (κ2) is 12.5. The highest BCUT2D eigenvalue weighted by molar-refractivity contribution is 7.75. The molecule has 0 saturated carbocycles. The van der Waals surface area contributed by atoms with E-state index in [1.165, 1.54) is 57.8 Å². The van der Waals surface area contributed by atoms with Gasteiger partial charge < -0.3 is 0 Å². The molecule has 110 valence electrons. The third-order valence-corrected chi connectivity index (χ3v) is 9.53. The highest BCUT2D eigenvalue weighted by Crippen LogP contribution is 2.60. The van der Waals surface area contributed by atoms with E-state index in [2.05, 4.69) is 27.7 Å². The van der Waals surface area contributed by atoms with Crippen molar-refractivity contribution in [2.24, 2.45) is 0 Å². The average Bonchev–Trinajstić information content (AvgIpc) is 2.35.